The first-order valence-corrected chi connectivity index (χ1v) is 7.00. The van der Waals surface area contributed by atoms with Crippen molar-refractivity contribution in [2.75, 3.05) is 13.1 Å². The third-order valence-corrected chi connectivity index (χ3v) is 3.73. The lowest BCUT2D eigenvalue weighted by atomic mass is 9.97. The summed E-state index contributed by atoms with van der Waals surface area (Å²) in [5.41, 5.74) is 2.67. The molecule has 0 amide bonds. The smallest absolute Gasteiger partial charge is 0.0579 e. The molecule has 0 bridgehead atoms. The van der Waals surface area contributed by atoms with Crippen molar-refractivity contribution in [1.29, 1.82) is 0 Å². The quantitative estimate of drug-likeness (QED) is 0.874. The van der Waals surface area contributed by atoms with Crippen molar-refractivity contribution in [2.45, 2.75) is 18.5 Å². The van der Waals surface area contributed by atoms with E-state index in [1.54, 1.807) is 0 Å². The van der Waals surface area contributed by atoms with Crippen molar-refractivity contribution < 1.29 is 0 Å². The van der Waals surface area contributed by atoms with E-state index in [9.17, 15) is 0 Å². The van der Waals surface area contributed by atoms with Crippen LogP contribution in [0.25, 0.3) is 0 Å². The number of hydrogen-bond acceptors (Lipinski definition) is 2. The fourth-order valence-corrected chi connectivity index (χ4v) is 2.71. The summed E-state index contributed by atoms with van der Waals surface area (Å²) in [6.07, 6.45) is 1.20. The zero-order chi connectivity index (χ0) is 12.9. The molecule has 0 aliphatic carbocycles. The van der Waals surface area contributed by atoms with Crippen molar-refractivity contribution >= 4 is 0 Å². The Morgan fingerprint density at radius 3 is 1.95 bits per heavy atom. The Morgan fingerprint density at radius 2 is 1.47 bits per heavy atom. The standard InChI is InChI=1S/C17H20N2/c1-3-7-14(8-4-1)17(15-9-5-2-6-10-15)19-16-11-12-18-13-16/h1-10,16-19H,11-13H2. The number of benzene rings is 2. The van der Waals surface area contributed by atoms with Gasteiger partial charge in [-0.2, -0.15) is 0 Å². The summed E-state index contributed by atoms with van der Waals surface area (Å²) in [6.45, 7) is 2.18. The highest BCUT2D eigenvalue weighted by Gasteiger charge is 2.20. The van der Waals surface area contributed by atoms with Gasteiger partial charge >= 0.3 is 0 Å². The molecule has 1 unspecified atom stereocenters. The van der Waals surface area contributed by atoms with Crippen LogP contribution in [0.5, 0.6) is 0 Å². The minimum Gasteiger partial charge on any atom is -0.315 e. The molecule has 1 saturated heterocycles. The van der Waals surface area contributed by atoms with Gasteiger partial charge in [0.25, 0.3) is 0 Å². The molecule has 0 spiro atoms. The average Bonchev–Trinajstić information content (AvgIpc) is 3.00. The van der Waals surface area contributed by atoms with Crippen LogP contribution >= 0.6 is 0 Å². The van der Waals surface area contributed by atoms with Crippen LogP contribution in [0, 0.1) is 0 Å². The number of nitrogens with one attached hydrogen (secondary N) is 2. The molecule has 1 fully saturated rings. The van der Waals surface area contributed by atoms with E-state index in [0.717, 1.165) is 13.1 Å². The molecule has 1 heterocycles. The summed E-state index contributed by atoms with van der Waals surface area (Å²) in [5.74, 6) is 0. The molecule has 2 nitrogen and oxygen atoms in total. The van der Waals surface area contributed by atoms with Crippen LogP contribution in [0.4, 0.5) is 0 Å². The first-order valence-electron chi connectivity index (χ1n) is 7.00. The van der Waals surface area contributed by atoms with Crippen LogP contribution in [0.1, 0.15) is 23.6 Å². The molecule has 1 atom stereocenters. The lowest BCUT2D eigenvalue weighted by molar-refractivity contribution is 0.497. The summed E-state index contributed by atoms with van der Waals surface area (Å²) in [6, 6.07) is 22.2. The number of hydrogen-bond donors (Lipinski definition) is 2. The molecule has 1 aliphatic rings. The highest BCUT2D eigenvalue weighted by atomic mass is 15.0. The second kappa shape index (κ2) is 6.00. The molecule has 2 aromatic carbocycles. The molecule has 1 aliphatic heterocycles. The average molecular weight is 252 g/mol. The summed E-state index contributed by atoms with van der Waals surface area (Å²) in [7, 11) is 0. The Kier molecular flexibility index (Phi) is 3.92. The van der Waals surface area contributed by atoms with Crippen LogP contribution in [0.2, 0.25) is 0 Å². The van der Waals surface area contributed by atoms with Gasteiger partial charge in [0.15, 0.2) is 0 Å². The molecule has 98 valence electrons. The summed E-state index contributed by atoms with van der Waals surface area (Å²) in [4.78, 5) is 0. The zero-order valence-electron chi connectivity index (χ0n) is 11.0. The topological polar surface area (TPSA) is 24.1 Å². The van der Waals surface area contributed by atoms with Crippen molar-refractivity contribution in [3.05, 3.63) is 71.8 Å². The molecular formula is C17H20N2. The Bertz CT molecular complexity index is 450. The fourth-order valence-electron chi connectivity index (χ4n) is 2.71. The highest BCUT2D eigenvalue weighted by Crippen LogP contribution is 2.23. The maximum absolute atomic E-state index is 3.79. The van der Waals surface area contributed by atoms with Crippen molar-refractivity contribution in [1.82, 2.24) is 10.6 Å². The van der Waals surface area contributed by atoms with E-state index in [4.69, 9.17) is 0 Å². The molecule has 2 aromatic rings. The maximum atomic E-state index is 3.79. The Labute approximate surface area is 114 Å². The largest absolute Gasteiger partial charge is 0.315 e. The third kappa shape index (κ3) is 3.03. The minimum absolute atomic E-state index is 0.285. The lowest BCUT2D eigenvalue weighted by Gasteiger charge is -2.23. The molecule has 19 heavy (non-hydrogen) atoms. The molecule has 2 N–H and O–H groups in total. The monoisotopic (exact) mass is 252 g/mol. The lowest BCUT2D eigenvalue weighted by Crippen LogP contribution is -2.35. The van der Waals surface area contributed by atoms with Gasteiger partial charge in [0.1, 0.15) is 0 Å². The second-order valence-electron chi connectivity index (χ2n) is 5.11. The van der Waals surface area contributed by atoms with E-state index in [1.165, 1.54) is 17.5 Å². The van der Waals surface area contributed by atoms with Crippen molar-refractivity contribution in [2.24, 2.45) is 0 Å². The molecular weight excluding hydrogens is 232 g/mol. The van der Waals surface area contributed by atoms with Gasteiger partial charge in [0.2, 0.25) is 0 Å². The van der Waals surface area contributed by atoms with Crippen LogP contribution in [-0.4, -0.2) is 19.1 Å². The van der Waals surface area contributed by atoms with Gasteiger partial charge < -0.3 is 10.6 Å². The SMILES string of the molecule is c1ccc(C(NC2CCNC2)c2ccccc2)cc1. The predicted molar refractivity (Wildman–Crippen MR) is 79.1 cm³/mol. The van der Waals surface area contributed by atoms with Crippen LogP contribution in [-0.2, 0) is 0 Å². The van der Waals surface area contributed by atoms with Crippen LogP contribution in [0.3, 0.4) is 0 Å². The summed E-state index contributed by atoms with van der Waals surface area (Å²) < 4.78 is 0. The van der Waals surface area contributed by atoms with E-state index in [1.807, 2.05) is 0 Å². The van der Waals surface area contributed by atoms with E-state index in [-0.39, 0.29) is 6.04 Å². The van der Waals surface area contributed by atoms with Gasteiger partial charge in [0.05, 0.1) is 6.04 Å². The van der Waals surface area contributed by atoms with Gasteiger partial charge in [-0.1, -0.05) is 60.7 Å². The normalized spacial score (nSPS) is 18.9. The van der Waals surface area contributed by atoms with E-state index in [2.05, 4.69) is 71.3 Å². The minimum atomic E-state index is 0.285. The molecule has 0 radical (unpaired) electrons. The van der Waals surface area contributed by atoms with E-state index >= 15 is 0 Å². The molecule has 0 saturated carbocycles. The first-order chi connectivity index (χ1) is 9.43. The van der Waals surface area contributed by atoms with Gasteiger partial charge in [-0.3, -0.25) is 0 Å². The van der Waals surface area contributed by atoms with Gasteiger partial charge in [-0.05, 0) is 24.1 Å². The second-order valence-corrected chi connectivity index (χ2v) is 5.11. The summed E-state index contributed by atoms with van der Waals surface area (Å²) in [5, 5.41) is 7.20. The predicted octanol–water partition coefficient (Wildman–Crippen LogP) is 2.73. The maximum Gasteiger partial charge on any atom is 0.0579 e. The van der Waals surface area contributed by atoms with Crippen LogP contribution in [0.15, 0.2) is 60.7 Å². The fraction of sp³-hybridized carbons (Fsp3) is 0.294. The molecule has 0 aromatic heterocycles. The molecule has 2 heteroatoms. The first kappa shape index (κ1) is 12.4. The van der Waals surface area contributed by atoms with Gasteiger partial charge in [-0.15, -0.1) is 0 Å². The molecule has 3 rings (SSSR count). The van der Waals surface area contributed by atoms with E-state index < -0.39 is 0 Å². The van der Waals surface area contributed by atoms with Crippen LogP contribution < -0.4 is 10.6 Å². The van der Waals surface area contributed by atoms with Gasteiger partial charge in [0, 0.05) is 12.6 Å². The third-order valence-electron chi connectivity index (χ3n) is 3.73. The van der Waals surface area contributed by atoms with Crippen molar-refractivity contribution in [3.63, 3.8) is 0 Å². The van der Waals surface area contributed by atoms with Gasteiger partial charge in [-0.25, -0.2) is 0 Å². The number of rotatable bonds is 4. The van der Waals surface area contributed by atoms with E-state index in [0.29, 0.717) is 6.04 Å². The van der Waals surface area contributed by atoms with Crippen molar-refractivity contribution in [3.8, 4) is 0 Å². The Hall–Kier alpha value is -1.64. The summed E-state index contributed by atoms with van der Waals surface area (Å²) >= 11 is 0. The Balaban J connectivity index is 1.87. The zero-order valence-corrected chi connectivity index (χ0v) is 11.0. The Morgan fingerprint density at radius 1 is 0.895 bits per heavy atom. The highest BCUT2D eigenvalue weighted by molar-refractivity contribution is 5.31.